The summed E-state index contributed by atoms with van der Waals surface area (Å²) >= 11 is 0. The molecule has 0 heterocycles. The predicted molar refractivity (Wildman–Crippen MR) is 86.6 cm³/mol. The van der Waals surface area contributed by atoms with Crippen molar-refractivity contribution >= 4 is 12.2 Å². The molecule has 0 bridgehead atoms. The fourth-order valence-electron chi connectivity index (χ4n) is 2.02. The molecule has 0 aliphatic rings. The van der Waals surface area contributed by atoms with Crippen molar-refractivity contribution in [3.63, 3.8) is 0 Å². The molecule has 0 aliphatic carbocycles. The number of amides is 1. The third kappa shape index (κ3) is 5.08. The lowest BCUT2D eigenvalue weighted by Gasteiger charge is -2.07. The van der Waals surface area contributed by atoms with E-state index in [-0.39, 0.29) is 24.5 Å². The fraction of sp³-hybridized carbons (Fsp3) is 0.167. The molecule has 2 rings (SSSR count). The SMILES string of the molecule is COc1c(F)cc(F)cc1C=CCNC(=O)OCc1ccccc1. The first-order valence-electron chi connectivity index (χ1n) is 7.24. The third-order valence-electron chi connectivity index (χ3n) is 3.12. The standard InChI is InChI=1S/C18H17F2NO3/c1-23-17-14(10-15(19)11-16(17)20)8-5-9-21-18(22)24-12-13-6-3-2-4-7-13/h2-8,10-11H,9,12H2,1H3,(H,21,22). The largest absolute Gasteiger partial charge is 0.493 e. The van der Waals surface area contributed by atoms with Gasteiger partial charge in [0.05, 0.1) is 7.11 Å². The molecular weight excluding hydrogens is 316 g/mol. The lowest BCUT2D eigenvalue weighted by atomic mass is 10.1. The van der Waals surface area contributed by atoms with Crippen LogP contribution in [-0.4, -0.2) is 19.7 Å². The highest BCUT2D eigenvalue weighted by Crippen LogP contribution is 2.24. The number of hydrogen-bond acceptors (Lipinski definition) is 3. The number of carbonyl (C=O) groups excluding carboxylic acids is 1. The van der Waals surface area contributed by atoms with E-state index in [1.54, 1.807) is 6.08 Å². The number of benzene rings is 2. The number of methoxy groups -OCH3 is 1. The monoisotopic (exact) mass is 333 g/mol. The highest BCUT2D eigenvalue weighted by molar-refractivity contribution is 5.67. The van der Waals surface area contributed by atoms with Gasteiger partial charge in [0, 0.05) is 18.2 Å². The first-order chi connectivity index (χ1) is 11.6. The highest BCUT2D eigenvalue weighted by atomic mass is 19.1. The Kier molecular flexibility index (Phi) is 6.31. The summed E-state index contributed by atoms with van der Waals surface area (Å²) in [6.45, 7) is 0.314. The van der Waals surface area contributed by atoms with E-state index in [0.29, 0.717) is 0 Å². The summed E-state index contributed by atoms with van der Waals surface area (Å²) in [6.07, 6.45) is 2.42. The molecular formula is C18H17F2NO3. The Labute approximate surface area is 138 Å². The zero-order chi connectivity index (χ0) is 17.4. The van der Waals surface area contributed by atoms with Gasteiger partial charge >= 0.3 is 6.09 Å². The molecule has 4 nitrogen and oxygen atoms in total. The van der Waals surface area contributed by atoms with Crippen LogP contribution in [0.2, 0.25) is 0 Å². The van der Waals surface area contributed by atoms with Crippen molar-refractivity contribution in [2.45, 2.75) is 6.61 Å². The van der Waals surface area contributed by atoms with E-state index in [4.69, 9.17) is 9.47 Å². The third-order valence-corrected chi connectivity index (χ3v) is 3.12. The van der Waals surface area contributed by atoms with Gasteiger partial charge in [-0.2, -0.15) is 0 Å². The van der Waals surface area contributed by atoms with E-state index < -0.39 is 17.7 Å². The molecule has 0 atom stereocenters. The van der Waals surface area contributed by atoms with E-state index in [2.05, 4.69) is 5.32 Å². The Bertz CT molecular complexity index is 718. The summed E-state index contributed by atoms with van der Waals surface area (Å²) in [6, 6.07) is 11.2. The van der Waals surface area contributed by atoms with Crippen molar-refractivity contribution < 1.29 is 23.0 Å². The average Bonchev–Trinajstić information content (AvgIpc) is 2.57. The molecule has 0 saturated carbocycles. The first kappa shape index (κ1) is 17.5. The maximum Gasteiger partial charge on any atom is 0.407 e. The minimum absolute atomic E-state index is 0.0562. The van der Waals surface area contributed by atoms with Crippen LogP contribution in [0, 0.1) is 11.6 Å². The summed E-state index contributed by atoms with van der Waals surface area (Å²) in [5, 5.41) is 2.51. The maximum absolute atomic E-state index is 13.5. The van der Waals surface area contributed by atoms with Gasteiger partial charge in [0.2, 0.25) is 0 Å². The summed E-state index contributed by atoms with van der Waals surface area (Å²) in [7, 11) is 1.30. The molecule has 0 aromatic heterocycles. The van der Waals surface area contributed by atoms with Crippen LogP contribution in [-0.2, 0) is 11.3 Å². The van der Waals surface area contributed by atoms with Crippen LogP contribution >= 0.6 is 0 Å². The van der Waals surface area contributed by atoms with E-state index in [1.807, 2.05) is 30.3 Å². The Morgan fingerprint density at radius 2 is 1.96 bits per heavy atom. The van der Waals surface area contributed by atoms with E-state index in [0.717, 1.165) is 17.7 Å². The van der Waals surface area contributed by atoms with Gasteiger partial charge in [0.1, 0.15) is 12.4 Å². The van der Waals surface area contributed by atoms with Crippen LogP contribution in [0.25, 0.3) is 6.08 Å². The van der Waals surface area contributed by atoms with Crippen LogP contribution in [0.15, 0.2) is 48.5 Å². The van der Waals surface area contributed by atoms with Gasteiger partial charge in [-0.05, 0) is 11.6 Å². The molecule has 6 heteroatoms. The zero-order valence-corrected chi connectivity index (χ0v) is 13.1. The maximum atomic E-state index is 13.5. The number of nitrogens with one attached hydrogen (secondary N) is 1. The van der Waals surface area contributed by atoms with Crippen LogP contribution in [0.1, 0.15) is 11.1 Å². The minimum Gasteiger partial charge on any atom is -0.493 e. The number of ether oxygens (including phenoxy) is 2. The van der Waals surface area contributed by atoms with Crippen molar-refractivity contribution in [3.8, 4) is 5.75 Å². The molecule has 0 unspecified atom stereocenters. The molecule has 24 heavy (non-hydrogen) atoms. The second-order valence-corrected chi connectivity index (χ2v) is 4.86. The molecule has 0 fully saturated rings. The van der Waals surface area contributed by atoms with Crippen molar-refractivity contribution in [1.29, 1.82) is 0 Å². The van der Waals surface area contributed by atoms with Crippen molar-refractivity contribution in [2.24, 2.45) is 0 Å². The Morgan fingerprint density at radius 1 is 1.21 bits per heavy atom. The van der Waals surface area contributed by atoms with Gasteiger partial charge in [-0.1, -0.05) is 42.5 Å². The molecule has 2 aromatic rings. The molecule has 1 N–H and O–H groups in total. The second-order valence-electron chi connectivity index (χ2n) is 4.86. The molecule has 126 valence electrons. The van der Waals surface area contributed by atoms with Gasteiger partial charge in [-0.25, -0.2) is 13.6 Å². The van der Waals surface area contributed by atoms with Gasteiger partial charge < -0.3 is 14.8 Å². The average molecular weight is 333 g/mol. The molecule has 0 radical (unpaired) electrons. The normalized spacial score (nSPS) is 10.6. The quantitative estimate of drug-likeness (QED) is 0.872. The smallest absolute Gasteiger partial charge is 0.407 e. The number of carbonyl (C=O) groups is 1. The van der Waals surface area contributed by atoms with Crippen molar-refractivity contribution in [2.75, 3.05) is 13.7 Å². The number of rotatable bonds is 6. The molecule has 1 amide bonds. The summed E-state index contributed by atoms with van der Waals surface area (Å²) in [5.74, 6) is -1.55. The number of hydrogen-bond donors (Lipinski definition) is 1. The Morgan fingerprint density at radius 3 is 2.67 bits per heavy atom. The van der Waals surface area contributed by atoms with Gasteiger partial charge in [-0.15, -0.1) is 0 Å². The van der Waals surface area contributed by atoms with Crippen LogP contribution in [0.4, 0.5) is 13.6 Å². The Hall–Kier alpha value is -2.89. The van der Waals surface area contributed by atoms with E-state index in [9.17, 15) is 13.6 Å². The minimum atomic E-state index is -0.785. The van der Waals surface area contributed by atoms with Crippen LogP contribution in [0.5, 0.6) is 5.75 Å². The van der Waals surface area contributed by atoms with Crippen molar-refractivity contribution in [3.05, 3.63) is 71.3 Å². The van der Waals surface area contributed by atoms with Crippen LogP contribution in [0.3, 0.4) is 0 Å². The summed E-state index contributed by atoms with van der Waals surface area (Å²) in [5.41, 5.74) is 1.12. The molecule has 0 spiro atoms. The lowest BCUT2D eigenvalue weighted by Crippen LogP contribution is -2.24. The number of halogens is 2. The second kappa shape index (κ2) is 8.67. The Balaban J connectivity index is 1.83. The summed E-state index contributed by atoms with van der Waals surface area (Å²) in [4.78, 5) is 11.5. The van der Waals surface area contributed by atoms with Crippen molar-refractivity contribution in [1.82, 2.24) is 5.32 Å². The first-order valence-corrected chi connectivity index (χ1v) is 7.24. The van der Waals surface area contributed by atoms with Gasteiger partial charge in [0.15, 0.2) is 11.6 Å². The molecule has 0 saturated heterocycles. The van der Waals surface area contributed by atoms with E-state index >= 15 is 0 Å². The lowest BCUT2D eigenvalue weighted by molar-refractivity contribution is 0.141. The number of alkyl carbamates (subject to hydrolysis) is 1. The predicted octanol–water partition coefficient (Wildman–Crippen LogP) is 3.91. The molecule has 2 aromatic carbocycles. The zero-order valence-electron chi connectivity index (χ0n) is 13.1. The topological polar surface area (TPSA) is 47.6 Å². The highest BCUT2D eigenvalue weighted by Gasteiger charge is 2.09. The van der Waals surface area contributed by atoms with Gasteiger partial charge in [-0.3, -0.25) is 0 Å². The van der Waals surface area contributed by atoms with E-state index in [1.165, 1.54) is 13.2 Å². The molecule has 0 aliphatic heterocycles. The van der Waals surface area contributed by atoms with Crippen LogP contribution < -0.4 is 10.1 Å². The fourth-order valence-corrected chi connectivity index (χ4v) is 2.02. The summed E-state index contributed by atoms with van der Waals surface area (Å²) < 4.78 is 36.7. The van der Waals surface area contributed by atoms with Gasteiger partial charge in [0.25, 0.3) is 0 Å².